The van der Waals surface area contributed by atoms with Gasteiger partial charge in [0.05, 0.1) is 19.3 Å². The number of piperidine rings is 1. The Bertz CT molecular complexity index is 293. The van der Waals surface area contributed by atoms with E-state index in [4.69, 9.17) is 9.47 Å². The molecule has 2 heterocycles. The van der Waals surface area contributed by atoms with Crippen molar-refractivity contribution in [2.75, 3.05) is 32.8 Å². The maximum Gasteiger partial charge on any atom is 0.237 e. The zero-order valence-electron chi connectivity index (χ0n) is 12.1. The summed E-state index contributed by atoms with van der Waals surface area (Å²) in [5.41, 5.74) is 0. The lowest BCUT2D eigenvalue weighted by Gasteiger charge is -2.39. The second kappa shape index (κ2) is 6.68. The minimum absolute atomic E-state index is 0.0596. The van der Waals surface area contributed by atoms with Crippen molar-refractivity contribution < 1.29 is 14.3 Å². The number of carbonyl (C=O) groups is 1. The number of unbranched alkanes of at least 4 members (excludes halogenated alkanes) is 1. The van der Waals surface area contributed by atoms with Crippen LogP contribution in [0.4, 0.5) is 0 Å². The lowest BCUT2D eigenvalue weighted by molar-refractivity contribution is -0.188. The van der Waals surface area contributed by atoms with Crippen molar-refractivity contribution in [2.45, 2.75) is 51.4 Å². The Hall–Kier alpha value is -0.650. The van der Waals surface area contributed by atoms with E-state index in [9.17, 15) is 4.79 Å². The Morgan fingerprint density at radius 2 is 1.95 bits per heavy atom. The number of hydrogen-bond acceptors (Lipinski definition) is 4. The number of hydrogen-bond donors (Lipinski definition) is 1. The fourth-order valence-corrected chi connectivity index (χ4v) is 2.74. The van der Waals surface area contributed by atoms with Crippen molar-refractivity contribution in [2.24, 2.45) is 0 Å². The van der Waals surface area contributed by atoms with Crippen LogP contribution in [0.15, 0.2) is 0 Å². The number of likely N-dealkylation sites (tertiary alicyclic amines) is 1. The fraction of sp³-hybridized carbons (Fsp3) is 0.929. The third-order valence-electron chi connectivity index (χ3n) is 4.13. The second-order valence-corrected chi connectivity index (χ2v) is 5.46. The Morgan fingerprint density at radius 3 is 2.53 bits per heavy atom. The van der Waals surface area contributed by atoms with Gasteiger partial charge in [-0.15, -0.1) is 0 Å². The zero-order valence-corrected chi connectivity index (χ0v) is 12.1. The van der Waals surface area contributed by atoms with Crippen LogP contribution in [-0.2, 0) is 14.3 Å². The molecule has 2 rings (SSSR count). The molecular weight excluding hydrogens is 244 g/mol. The number of amides is 1. The molecule has 2 fully saturated rings. The maximum atomic E-state index is 12.0. The van der Waals surface area contributed by atoms with E-state index in [1.807, 2.05) is 6.92 Å². The number of nitrogens with zero attached hydrogens (tertiary/aromatic N) is 1. The van der Waals surface area contributed by atoms with Crippen LogP contribution in [-0.4, -0.2) is 55.5 Å². The SMILES string of the molecule is CCCCNC(=O)C(C)N1CCC2(CC1)OCCO2. The molecule has 0 aromatic heterocycles. The summed E-state index contributed by atoms with van der Waals surface area (Å²) in [5.74, 6) is -0.216. The number of rotatable bonds is 5. The summed E-state index contributed by atoms with van der Waals surface area (Å²) >= 11 is 0. The molecule has 1 amide bonds. The third-order valence-corrected chi connectivity index (χ3v) is 4.13. The van der Waals surface area contributed by atoms with Gasteiger partial charge in [-0.25, -0.2) is 0 Å². The molecule has 1 spiro atoms. The molecule has 5 nitrogen and oxygen atoms in total. The molecule has 1 N–H and O–H groups in total. The third kappa shape index (κ3) is 3.68. The van der Waals surface area contributed by atoms with Crippen molar-refractivity contribution in [3.8, 4) is 0 Å². The van der Waals surface area contributed by atoms with Gasteiger partial charge in [-0.2, -0.15) is 0 Å². The van der Waals surface area contributed by atoms with Gasteiger partial charge in [0, 0.05) is 32.5 Å². The number of nitrogens with one attached hydrogen (secondary N) is 1. The average Bonchev–Trinajstić information content (AvgIpc) is 2.87. The first-order valence-corrected chi connectivity index (χ1v) is 7.46. The van der Waals surface area contributed by atoms with Crippen molar-refractivity contribution in [3.63, 3.8) is 0 Å². The van der Waals surface area contributed by atoms with Gasteiger partial charge < -0.3 is 14.8 Å². The number of carbonyl (C=O) groups excluding carboxylic acids is 1. The Labute approximate surface area is 115 Å². The van der Waals surface area contributed by atoms with Gasteiger partial charge in [-0.05, 0) is 13.3 Å². The molecule has 1 atom stereocenters. The van der Waals surface area contributed by atoms with Crippen LogP contribution in [0.25, 0.3) is 0 Å². The maximum absolute atomic E-state index is 12.0. The van der Waals surface area contributed by atoms with E-state index < -0.39 is 0 Å². The molecule has 0 aromatic carbocycles. The van der Waals surface area contributed by atoms with E-state index in [-0.39, 0.29) is 17.7 Å². The predicted octanol–water partition coefficient (Wildman–Crippen LogP) is 1.13. The Balaban J connectivity index is 1.75. The molecule has 0 aliphatic carbocycles. The van der Waals surface area contributed by atoms with Crippen LogP contribution >= 0.6 is 0 Å². The molecule has 2 aliphatic heterocycles. The van der Waals surface area contributed by atoms with Crippen LogP contribution in [0, 0.1) is 0 Å². The van der Waals surface area contributed by atoms with Gasteiger partial charge in [0.1, 0.15) is 0 Å². The summed E-state index contributed by atoms with van der Waals surface area (Å²) in [4.78, 5) is 14.2. The van der Waals surface area contributed by atoms with Crippen LogP contribution in [0.3, 0.4) is 0 Å². The molecule has 0 bridgehead atoms. The monoisotopic (exact) mass is 270 g/mol. The summed E-state index contributed by atoms with van der Waals surface area (Å²) in [6.45, 7) is 8.02. The molecular formula is C14H26N2O3. The highest BCUT2D eigenvalue weighted by Crippen LogP contribution is 2.31. The average molecular weight is 270 g/mol. The van der Waals surface area contributed by atoms with Crippen LogP contribution in [0.1, 0.15) is 39.5 Å². The molecule has 0 aromatic rings. The first-order valence-electron chi connectivity index (χ1n) is 7.46. The van der Waals surface area contributed by atoms with Gasteiger partial charge in [0.15, 0.2) is 5.79 Å². The summed E-state index contributed by atoms with van der Waals surface area (Å²) in [7, 11) is 0. The summed E-state index contributed by atoms with van der Waals surface area (Å²) < 4.78 is 11.4. The smallest absolute Gasteiger partial charge is 0.237 e. The predicted molar refractivity (Wildman–Crippen MR) is 72.8 cm³/mol. The van der Waals surface area contributed by atoms with Gasteiger partial charge in [0.2, 0.25) is 5.91 Å². The topological polar surface area (TPSA) is 50.8 Å². The van der Waals surface area contributed by atoms with Crippen LogP contribution < -0.4 is 5.32 Å². The highest BCUT2D eigenvalue weighted by molar-refractivity contribution is 5.81. The minimum atomic E-state index is -0.352. The largest absolute Gasteiger partial charge is 0.355 e. The molecule has 0 radical (unpaired) electrons. The minimum Gasteiger partial charge on any atom is -0.355 e. The standard InChI is InChI=1S/C14H26N2O3/c1-3-4-7-15-13(17)12(2)16-8-5-14(6-9-16)18-10-11-19-14/h12H,3-11H2,1-2H3,(H,15,17). The molecule has 2 saturated heterocycles. The highest BCUT2D eigenvalue weighted by Gasteiger charge is 2.41. The van der Waals surface area contributed by atoms with Gasteiger partial charge in [-0.3, -0.25) is 9.69 Å². The van der Waals surface area contributed by atoms with Gasteiger partial charge >= 0.3 is 0 Å². The molecule has 0 saturated carbocycles. The summed E-state index contributed by atoms with van der Waals surface area (Å²) in [6, 6.07) is -0.0596. The lowest BCUT2D eigenvalue weighted by Crippen LogP contribution is -2.52. The van der Waals surface area contributed by atoms with Crippen LogP contribution in [0.5, 0.6) is 0 Å². The molecule has 110 valence electrons. The van der Waals surface area contributed by atoms with E-state index in [1.54, 1.807) is 0 Å². The summed E-state index contributed by atoms with van der Waals surface area (Å²) in [6.07, 6.45) is 3.87. The first kappa shape index (κ1) is 14.8. The van der Waals surface area contributed by atoms with E-state index in [2.05, 4.69) is 17.1 Å². The second-order valence-electron chi connectivity index (χ2n) is 5.46. The van der Waals surface area contributed by atoms with E-state index in [0.29, 0.717) is 13.2 Å². The summed E-state index contributed by atoms with van der Waals surface area (Å²) in [5, 5.41) is 3.00. The van der Waals surface area contributed by atoms with E-state index in [1.165, 1.54) is 0 Å². The molecule has 19 heavy (non-hydrogen) atoms. The van der Waals surface area contributed by atoms with Crippen molar-refractivity contribution in [3.05, 3.63) is 0 Å². The molecule has 5 heteroatoms. The quantitative estimate of drug-likeness (QED) is 0.761. The molecule has 1 unspecified atom stereocenters. The number of ether oxygens (including phenoxy) is 2. The van der Waals surface area contributed by atoms with Crippen molar-refractivity contribution in [1.29, 1.82) is 0 Å². The fourth-order valence-electron chi connectivity index (χ4n) is 2.74. The first-order chi connectivity index (χ1) is 9.17. The zero-order chi connectivity index (χ0) is 13.7. The lowest BCUT2D eigenvalue weighted by atomic mass is 10.0. The van der Waals surface area contributed by atoms with Crippen LogP contribution in [0.2, 0.25) is 0 Å². The Morgan fingerprint density at radius 1 is 1.32 bits per heavy atom. The Kier molecular flexibility index (Phi) is 5.19. The normalized spacial score (nSPS) is 24.5. The highest BCUT2D eigenvalue weighted by atomic mass is 16.7. The van der Waals surface area contributed by atoms with Crippen molar-refractivity contribution >= 4 is 5.91 Å². The van der Waals surface area contributed by atoms with E-state index in [0.717, 1.165) is 45.3 Å². The van der Waals surface area contributed by atoms with E-state index >= 15 is 0 Å². The van der Waals surface area contributed by atoms with Crippen molar-refractivity contribution in [1.82, 2.24) is 10.2 Å². The van der Waals surface area contributed by atoms with Gasteiger partial charge in [0.25, 0.3) is 0 Å². The van der Waals surface area contributed by atoms with Gasteiger partial charge in [-0.1, -0.05) is 13.3 Å². The molecule has 2 aliphatic rings.